The molecule has 2 aromatic rings. The molecule has 3 rings (SSSR count). The van der Waals surface area contributed by atoms with Crippen molar-refractivity contribution < 1.29 is 4.74 Å². The van der Waals surface area contributed by atoms with Crippen LogP contribution in [0.1, 0.15) is 22.9 Å². The Hall–Kier alpha value is -1.85. The van der Waals surface area contributed by atoms with E-state index in [1.807, 2.05) is 30.1 Å². The first-order valence-corrected chi connectivity index (χ1v) is 8.12. The van der Waals surface area contributed by atoms with E-state index < -0.39 is 0 Å². The highest BCUT2D eigenvalue weighted by molar-refractivity contribution is 5.29. The largest absolute Gasteiger partial charge is 0.497 e. The molecule has 0 saturated carbocycles. The monoisotopic (exact) mass is 314 g/mol. The molecule has 1 aliphatic rings. The molecule has 0 bridgehead atoms. The fraction of sp³-hybridized carbons (Fsp3) is 0.500. The number of ether oxygens (including phenoxy) is 1. The summed E-state index contributed by atoms with van der Waals surface area (Å²) in [6.45, 7) is 6.32. The van der Waals surface area contributed by atoms with Gasteiger partial charge < -0.3 is 4.74 Å². The Morgan fingerprint density at radius 3 is 2.52 bits per heavy atom. The first-order valence-electron chi connectivity index (χ1n) is 8.12. The number of benzene rings is 1. The zero-order chi connectivity index (χ0) is 16.4. The summed E-state index contributed by atoms with van der Waals surface area (Å²) in [5.41, 5.74) is 3.93. The number of piperazine rings is 1. The van der Waals surface area contributed by atoms with E-state index in [1.54, 1.807) is 7.11 Å². The standard InChI is InChI=1S/C18H26N4O/c1-14-16(11-19-21(14)3)12-22-10-9-20(2)18(13-22)15-5-7-17(23-4)8-6-15/h5-8,11,18H,9-10,12-13H2,1-4H3. The summed E-state index contributed by atoms with van der Waals surface area (Å²) in [5, 5.41) is 4.36. The molecule has 0 N–H and O–H groups in total. The SMILES string of the molecule is COc1ccc(C2CN(Cc3cnn(C)c3C)CCN2C)cc1. The van der Waals surface area contributed by atoms with Crippen LogP contribution in [-0.4, -0.2) is 53.4 Å². The zero-order valence-electron chi connectivity index (χ0n) is 14.5. The summed E-state index contributed by atoms with van der Waals surface area (Å²) >= 11 is 0. The summed E-state index contributed by atoms with van der Waals surface area (Å²) in [6.07, 6.45) is 2.00. The van der Waals surface area contributed by atoms with Gasteiger partial charge in [0.25, 0.3) is 0 Å². The Labute approximate surface area is 138 Å². The Morgan fingerprint density at radius 2 is 1.91 bits per heavy atom. The molecule has 5 nitrogen and oxygen atoms in total. The third-order valence-corrected chi connectivity index (χ3v) is 4.96. The molecule has 0 radical (unpaired) electrons. The highest BCUT2D eigenvalue weighted by Crippen LogP contribution is 2.26. The molecule has 1 aliphatic heterocycles. The summed E-state index contributed by atoms with van der Waals surface area (Å²) in [7, 11) is 5.92. The molecular weight excluding hydrogens is 288 g/mol. The molecule has 0 spiro atoms. The molecule has 1 saturated heterocycles. The van der Waals surface area contributed by atoms with Crippen LogP contribution in [0.5, 0.6) is 5.75 Å². The second-order valence-electron chi connectivity index (χ2n) is 6.38. The zero-order valence-corrected chi connectivity index (χ0v) is 14.5. The lowest BCUT2D eigenvalue weighted by Crippen LogP contribution is -2.46. The summed E-state index contributed by atoms with van der Waals surface area (Å²) in [4.78, 5) is 4.97. The smallest absolute Gasteiger partial charge is 0.118 e. The molecule has 0 aliphatic carbocycles. The van der Waals surface area contributed by atoms with Crippen LogP contribution < -0.4 is 4.74 Å². The third-order valence-electron chi connectivity index (χ3n) is 4.96. The second kappa shape index (κ2) is 6.72. The summed E-state index contributed by atoms with van der Waals surface area (Å²) < 4.78 is 7.22. The molecule has 23 heavy (non-hydrogen) atoms. The average molecular weight is 314 g/mol. The van der Waals surface area contributed by atoms with Crippen molar-refractivity contribution in [3.05, 3.63) is 47.3 Å². The van der Waals surface area contributed by atoms with Gasteiger partial charge in [0.15, 0.2) is 0 Å². The molecule has 5 heteroatoms. The maximum absolute atomic E-state index is 5.27. The minimum Gasteiger partial charge on any atom is -0.497 e. The lowest BCUT2D eigenvalue weighted by molar-refractivity contribution is 0.0903. The first-order chi connectivity index (χ1) is 11.1. The van der Waals surface area contributed by atoms with Gasteiger partial charge in [-0.25, -0.2) is 0 Å². The van der Waals surface area contributed by atoms with Crippen molar-refractivity contribution in [2.45, 2.75) is 19.5 Å². The van der Waals surface area contributed by atoms with Crippen LogP contribution in [0.15, 0.2) is 30.5 Å². The van der Waals surface area contributed by atoms with Crippen molar-refractivity contribution in [3.63, 3.8) is 0 Å². The Balaban J connectivity index is 1.72. The predicted octanol–water partition coefficient (Wildman–Crippen LogP) is 2.23. The molecular formula is C18H26N4O. The number of hydrogen-bond acceptors (Lipinski definition) is 4. The maximum atomic E-state index is 5.27. The van der Waals surface area contributed by atoms with Crippen molar-refractivity contribution in [2.24, 2.45) is 7.05 Å². The van der Waals surface area contributed by atoms with Gasteiger partial charge in [-0.3, -0.25) is 14.5 Å². The lowest BCUT2D eigenvalue weighted by Gasteiger charge is -2.39. The topological polar surface area (TPSA) is 33.5 Å². The highest BCUT2D eigenvalue weighted by Gasteiger charge is 2.26. The van der Waals surface area contributed by atoms with Gasteiger partial charge in [0, 0.05) is 50.5 Å². The molecule has 1 aromatic carbocycles. The number of nitrogens with zero attached hydrogens (tertiary/aromatic N) is 4. The normalized spacial score (nSPS) is 19.9. The Kier molecular flexibility index (Phi) is 4.68. The molecule has 2 heterocycles. The highest BCUT2D eigenvalue weighted by atomic mass is 16.5. The minimum absolute atomic E-state index is 0.423. The van der Waals surface area contributed by atoms with E-state index in [2.05, 4.69) is 41.0 Å². The molecule has 1 aromatic heterocycles. The van der Waals surface area contributed by atoms with Gasteiger partial charge in [0.2, 0.25) is 0 Å². The number of likely N-dealkylation sites (N-methyl/N-ethyl adjacent to an activating group) is 1. The Morgan fingerprint density at radius 1 is 1.17 bits per heavy atom. The van der Waals surface area contributed by atoms with Gasteiger partial charge in [-0.2, -0.15) is 5.10 Å². The average Bonchev–Trinajstić information content (AvgIpc) is 2.89. The minimum atomic E-state index is 0.423. The van der Waals surface area contributed by atoms with Gasteiger partial charge in [-0.15, -0.1) is 0 Å². The number of methoxy groups -OCH3 is 1. The van der Waals surface area contributed by atoms with E-state index in [-0.39, 0.29) is 0 Å². The Bertz CT molecular complexity index is 650. The number of hydrogen-bond donors (Lipinski definition) is 0. The van der Waals surface area contributed by atoms with Crippen LogP contribution in [0, 0.1) is 6.92 Å². The van der Waals surface area contributed by atoms with E-state index in [4.69, 9.17) is 4.74 Å². The predicted molar refractivity (Wildman–Crippen MR) is 91.6 cm³/mol. The van der Waals surface area contributed by atoms with Gasteiger partial charge in [0.05, 0.1) is 13.3 Å². The van der Waals surface area contributed by atoms with E-state index >= 15 is 0 Å². The van der Waals surface area contributed by atoms with Crippen molar-refractivity contribution in [1.82, 2.24) is 19.6 Å². The van der Waals surface area contributed by atoms with Gasteiger partial charge >= 0.3 is 0 Å². The van der Waals surface area contributed by atoms with E-state index in [0.717, 1.165) is 31.9 Å². The lowest BCUT2D eigenvalue weighted by atomic mass is 10.0. The van der Waals surface area contributed by atoms with Crippen molar-refractivity contribution in [2.75, 3.05) is 33.8 Å². The van der Waals surface area contributed by atoms with Gasteiger partial charge in [-0.1, -0.05) is 12.1 Å². The number of rotatable bonds is 4. The fourth-order valence-corrected chi connectivity index (χ4v) is 3.20. The van der Waals surface area contributed by atoms with E-state index in [0.29, 0.717) is 6.04 Å². The third kappa shape index (κ3) is 3.41. The van der Waals surface area contributed by atoms with Crippen LogP contribution >= 0.6 is 0 Å². The van der Waals surface area contributed by atoms with Gasteiger partial charge in [0.1, 0.15) is 5.75 Å². The van der Waals surface area contributed by atoms with Crippen LogP contribution in [0.4, 0.5) is 0 Å². The van der Waals surface area contributed by atoms with Crippen LogP contribution in [0.3, 0.4) is 0 Å². The van der Waals surface area contributed by atoms with Crippen molar-refractivity contribution in [3.8, 4) is 5.75 Å². The molecule has 1 atom stereocenters. The van der Waals surface area contributed by atoms with E-state index in [9.17, 15) is 0 Å². The van der Waals surface area contributed by atoms with Crippen LogP contribution in [-0.2, 0) is 13.6 Å². The summed E-state index contributed by atoms with van der Waals surface area (Å²) in [6, 6.07) is 8.88. The molecule has 1 fully saturated rings. The molecule has 124 valence electrons. The van der Waals surface area contributed by atoms with Crippen molar-refractivity contribution >= 4 is 0 Å². The number of aromatic nitrogens is 2. The van der Waals surface area contributed by atoms with Crippen molar-refractivity contribution in [1.29, 1.82) is 0 Å². The van der Waals surface area contributed by atoms with Crippen LogP contribution in [0.2, 0.25) is 0 Å². The molecule has 0 amide bonds. The van der Waals surface area contributed by atoms with E-state index in [1.165, 1.54) is 16.8 Å². The summed E-state index contributed by atoms with van der Waals surface area (Å²) in [5.74, 6) is 0.912. The van der Waals surface area contributed by atoms with Crippen LogP contribution in [0.25, 0.3) is 0 Å². The van der Waals surface area contributed by atoms with Gasteiger partial charge in [-0.05, 0) is 31.7 Å². The first kappa shape index (κ1) is 16.0. The quantitative estimate of drug-likeness (QED) is 0.866. The fourth-order valence-electron chi connectivity index (χ4n) is 3.20. The molecule has 1 unspecified atom stereocenters. The maximum Gasteiger partial charge on any atom is 0.118 e. The number of aryl methyl sites for hydroxylation is 1. The second-order valence-corrected chi connectivity index (χ2v) is 6.38.